The molecule has 0 saturated carbocycles. The van der Waals surface area contributed by atoms with Gasteiger partial charge in [0.2, 0.25) is 0 Å². The summed E-state index contributed by atoms with van der Waals surface area (Å²) in [6.45, 7) is 20.7. The fourth-order valence-corrected chi connectivity index (χ4v) is 4.19. The zero-order chi connectivity index (χ0) is 19.6. The Morgan fingerprint density at radius 3 is 1.92 bits per heavy atom. The Kier molecular flexibility index (Phi) is 12.1. The Labute approximate surface area is 163 Å². The monoisotopic (exact) mass is 350 g/mol. The van der Waals surface area contributed by atoms with Gasteiger partial charge >= 0.3 is 0 Å². The number of terminal acetylenes is 1. The molecule has 2 rings (SSSR count). The summed E-state index contributed by atoms with van der Waals surface area (Å²) in [5, 5.41) is 0. The van der Waals surface area contributed by atoms with Crippen LogP contribution in [0.3, 0.4) is 0 Å². The number of allylic oxidation sites excluding steroid dienone is 12. The van der Waals surface area contributed by atoms with Gasteiger partial charge in [0.15, 0.2) is 0 Å². The van der Waals surface area contributed by atoms with Crippen LogP contribution >= 0.6 is 0 Å². The van der Waals surface area contributed by atoms with Crippen LogP contribution in [0.25, 0.3) is 0 Å². The third-order valence-corrected chi connectivity index (χ3v) is 4.95. The summed E-state index contributed by atoms with van der Waals surface area (Å²) in [7, 11) is 0. The Hall–Kier alpha value is -2.26. The first-order valence-corrected chi connectivity index (χ1v) is 9.12. The summed E-state index contributed by atoms with van der Waals surface area (Å²) in [5.41, 5.74) is 8.31. The van der Waals surface area contributed by atoms with E-state index in [0.717, 1.165) is 12.8 Å². The van der Waals surface area contributed by atoms with E-state index in [1.165, 1.54) is 33.4 Å². The fourth-order valence-electron chi connectivity index (χ4n) is 4.19. The van der Waals surface area contributed by atoms with Gasteiger partial charge in [0.1, 0.15) is 0 Å². The van der Waals surface area contributed by atoms with Gasteiger partial charge in [-0.15, -0.1) is 12.8 Å². The quantitative estimate of drug-likeness (QED) is 0.450. The molecule has 0 saturated heterocycles. The Balaban J connectivity index is 0. The van der Waals surface area contributed by atoms with Gasteiger partial charge in [0.05, 0.1) is 0 Å². The Bertz CT molecular complexity index is 668. The SMILES string of the molecule is C.C#C.C=CC1=C(C=C)C2(CC1)C(/C=C\C)=C(C)C(=C/C)/C2=C\C.CC. The summed E-state index contributed by atoms with van der Waals surface area (Å²) < 4.78 is 0. The van der Waals surface area contributed by atoms with Crippen molar-refractivity contribution < 1.29 is 0 Å². The predicted molar refractivity (Wildman–Crippen MR) is 122 cm³/mol. The summed E-state index contributed by atoms with van der Waals surface area (Å²) in [5.74, 6) is 0. The zero-order valence-electron chi connectivity index (χ0n) is 16.9. The van der Waals surface area contributed by atoms with Crippen LogP contribution in [0.1, 0.15) is 61.8 Å². The molecule has 0 amide bonds. The van der Waals surface area contributed by atoms with Crippen LogP contribution in [0.2, 0.25) is 0 Å². The van der Waals surface area contributed by atoms with Crippen molar-refractivity contribution >= 4 is 0 Å². The van der Waals surface area contributed by atoms with Crippen molar-refractivity contribution in [1.29, 1.82) is 0 Å². The van der Waals surface area contributed by atoms with E-state index in [1.807, 2.05) is 26.0 Å². The van der Waals surface area contributed by atoms with E-state index < -0.39 is 0 Å². The van der Waals surface area contributed by atoms with Crippen LogP contribution in [-0.2, 0) is 0 Å². The second-order valence-electron chi connectivity index (χ2n) is 5.70. The maximum atomic E-state index is 4.10. The molecular formula is C26H38. The predicted octanol–water partition coefficient (Wildman–Crippen LogP) is 8.15. The van der Waals surface area contributed by atoms with Crippen LogP contribution in [0.15, 0.2) is 83.1 Å². The first kappa shape index (κ1) is 26.0. The maximum absolute atomic E-state index is 4.10. The van der Waals surface area contributed by atoms with Gasteiger partial charge in [-0.3, -0.25) is 0 Å². The second kappa shape index (κ2) is 12.2. The molecule has 142 valence electrons. The van der Waals surface area contributed by atoms with Crippen LogP contribution in [0.4, 0.5) is 0 Å². The van der Waals surface area contributed by atoms with Gasteiger partial charge in [0, 0.05) is 5.41 Å². The van der Waals surface area contributed by atoms with E-state index >= 15 is 0 Å². The lowest BCUT2D eigenvalue weighted by Gasteiger charge is -2.31. The molecule has 2 aliphatic rings. The van der Waals surface area contributed by atoms with Crippen molar-refractivity contribution in [2.45, 2.75) is 61.8 Å². The molecule has 0 aromatic heterocycles. The smallest absolute Gasteiger partial charge is 0.0462 e. The molecule has 0 N–H and O–H groups in total. The van der Waals surface area contributed by atoms with E-state index in [2.05, 4.69) is 78.0 Å². The summed E-state index contributed by atoms with van der Waals surface area (Å²) in [6.07, 6.45) is 23.2. The molecular weight excluding hydrogens is 312 g/mol. The van der Waals surface area contributed by atoms with E-state index in [0.29, 0.717) is 0 Å². The molecule has 0 heterocycles. The Morgan fingerprint density at radius 2 is 1.54 bits per heavy atom. The topological polar surface area (TPSA) is 0 Å². The van der Waals surface area contributed by atoms with E-state index in [1.54, 1.807) is 0 Å². The second-order valence-corrected chi connectivity index (χ2v) is 5.70. The lowest BCUT2D eigenvalue weighted by atomic mass is 9.71. The molecule has 0 aromatic carbocycles. The van der Waals surface area contributed by atoms with Crippen molar-refractivity contribution in [2.75, 3.05) is 0 Å². The minimum Gasteiger partial charge on any atom is -0.124 e. The van der Waals surface area contributed by atoms with Gasteiger partial charge in [-0.25, -0.2) is 0 Å². The summed E-state index contributed by atoms with van der Waals surface area (Å²) >= 11 is 0. The molecule has 0 heteroatoms. The number of hydrogen-bond donors (Lipinski definition) is 0. The largest absolute Gasteiger partial charge is 0.124 e. The first-order valence-electron chi connectivity index (χ1n) is 9.12. The van der Waals surface area contributed by atoms with Gasteiger partial charge in [-0.2, -0.15) is 0 Å². The van der Waals surface area contributed by atoms with Crippen LogP contribution in [-0.4, -0.2) is 0 Å². The van der Waals surface area contributed by atoms with Gasteiger partial charge < -0.3 is 0 Å². The molecule has 0 aliphatic heterocycles. The van der Waals surface area contributed by atoms with Crippen molar-refractivity contribution in [3.05, 3.63) is 83.1 Å². The van der Waals surface area contributed by atoms with Gasteiger partial charge in [-0.1, -0.05) is 70.9 Å². The van der Waals surface area contributed by atoms with E-state index in [9.17, 15) is 0 Å². The molecule has 0 aromatic rings. The maximum Gasteiger partial charge on any atom is 0.0462 e. The van der Waals surface area contributed by atoms with Crippen LogP contribution in [0, 0.1) is 18.3 Å². The highest BCUT2D eigenvalue weighted by Crippen LogP contribution is 2.61. The number of rotatable bonds is 3. The van der Waals surface area contributed by atoms with Gasteiger partial charge in [-0.05, 0) is 74.0 Å². The first-order chi connectivity index (χ1) is 12.1. The van der Waals surface area contributed by atoms with Crippen LogP contribution in [0.5, 0.6) is 0 Å². The highest BCUT2D eigenvalue weighted by Gasteiger charge is 2.49. The molecule has 0 bridgehead atoms. The Morgan fingerprint density at radius 1 is 0.962 bits per heavy atom. The molecule has 0 radical (unpaired) electrons. The lowest BCUT2D eigenvalue weighted by molar-refractivity contribution is 0.547. The van der Waals surface area contributed by atoms with Crippen molar-refractivity contribution in [3.63, 3.8) is 0 Å². The average molecular weight is 351 g/mol. The molecule has 1 spiro atoms. The average Bonchev–Trinajstić information content (AvgIpc) is 3.15. The summed E-state index contributed by atoms with van der Waals surface area (Å²) in [4.78, 5) is 0. The molecule has 0 nitrogen and oxygen atoms in total. The molecule has 26 heavy (non-hydrogen) atoms. The van der Waals surface area contributed by atoms with Crippen LogP contribution < -0.4 is 0 Å². The third kappa shape index (κ3) is 3.94. The summed E-state index contributed by atoms with van der Waals surface area (Å²) in [6, 6.07) is 0. The third-order valence-electron chi connectivity index (χ3n) is 4.95. The number of hydrogen-bond acceptors (Lipinski definition) is 0. The lowest BCUT2D eigenvalue weighted by Crippen LogP contribution is -2.21. The standard InChI is InChI=1S/C21H26.C2H6.C2H2.CH4/c1-7-12-20-15(6)17(9-3)19(11-5)21(20)14-13-16(8-2)18(21)10-4;2*1-2;/h7-12H,2,4,13-14H2,1,3,5-6H3;1-2H3;1-2H;1H4/b12-7-,17-9-,19-11+;;;. The minimum atomic E-state index is -0.0154. The van der Waals surface area contributed by atoms with Crippen molar-refractivity contribution in [1.82, 2.24) is 0 Å². The molecule has 1 atom stereocenters. The minimum absolute atomic E-state index is 0. The highest BCUT2D eigenvalue weighted by molar-refractivity contribution is 5.71. The van der Waals surface area contributed by atoms with E-state index in [4.69, 9.17) is 0 Å². The highest BCUT2D eigenvalue weighted by atomic mass is 14.5. The molecule has 0 fully saturated rings. The van der Waals surface area contributed by atoms with Crippen molar-refractivity contribution in [2.24, 2.45) is 5.41 Å². The van der Waals surface area contributed by atoms with Crippen molar-refractivity contribution in [3.8, 4) is 12.8 Å². The zero-order valence-corrected chi connectivity index (χ0v) is 16.9. The van der Waals surface area contributed by atoms with Gasteiger partial charge in [0.25, 0.3) is 0 Å². The molecule has 2 aliphatic carbocycles. The normalized spacial score (nSPS) is 24.3. The fraction of sp³-hybridized carbons (Fsp3) is 0.385. The van der Waals surface area contributed by atoms with E-state index in [-0.39, 0.29) is 12.8 Å². The molecule has 1 unspecified atom stereocenters.